The molecule has 0 aliphatic rings. The van der Waals surface area contributed by atoms with Crippen LogP contribution in [-0.4, -0.2) is 11.1 Å². The zero-order valence-corrected chi connectivity index (χ0v) is 7.62. The first kappa shape index (κ1) is 10.2. The van der Waals surface area contributed by atoms with Gasteiger partial charge in [0, 0.05) is 17.3 Å². The minimum Gasteiger partial charge on any atom is -0.478 e. The number of aliphatic carboxylic acids is 1. The molecule has 0 heterocycles. The lowest BCUT2D eigenvalue weighted by molar-refractivity contribution is -0.131. The first-order valence-electron chi connectivity index (χ1n) is 3.98. The van der Waals surface area contributed by atoms with Crippen molar-refractivity contribution in [1.82, 2.24) is 0 Å². The molecule has 0 aliphatic carbocycles. The third kappa shape index (κ3) is 2.10. The summed E-state index contributed by atoms with van der Waals surface area (Å²) in [7, 11) is 0. The van der Waals surface area contributed by atoms with Crippen molar-refractivity contribution in [2.75, 3.05) is 5.73 Å². The Labute approximate surface area is 80.7 Å². The van der Waals surface area contributed by atoms with E-state index in [2.05, 4.69) is 0 Å². The molecule has 0 aliphatic heterocycles. The molecular weight excluding hydrogens is 185 g/mol. The number of hydrogen-bond donors (Lipinski definition) is 2. The van der Waals surface area contributed by atoms with Crippen molar-refractivity contribution in [2.24, 2.45) is 0 Å². The van der Waals surface area contributed by atoms with Gasteiger partial charge in [-0.2, -0.15) is 0 Å². The summed E-state index contributed by atoms with van der Waals surface area (Å²) in [6, 6.07) is 2.66. The van der Waals surface area contributed by atoms with Crippen LogP contribution in [0.1, 0.15) is 11.1 Å². The molecule has 0 bridgehead atoms. The van der Waals surface area contributed by atoms with Crippen LogP contribution < -0.4 is 5.73 Å². The van der Waals surface area contributed by atoms with Gasteiger partial charge in [-0.1, -0.05) is 0 Å². The number of anilines is 1. The maximum absolute atomic E-state index is 13.2. The summed E-state index contributed by atoms with van der Waals surface area (Å²) < 4.78 is 13.2. The van der Waals surface area contributed by atoms with Gasteiger partial charge in [0.05, 0.1) is 0 Å². The number of carboxylic acids is 1. The Kier molecular flexibility index (Phi) is 2.86. The molecule has 1 aromatic rings. The van der Waals surface area contributed by atoms with E-state index in [9.17, 15) is 9.18 Å². The van der Waals surface area contributed by atoms with Crippen LogP contribution in [0.2, 0.25) is 0 Å². The second-order valence-corrected chi connectivity index (χ2v) is 2.85. The second kappa shape index (κ2) is 3.91. The van der Waals surface area contributed by atoms with Crippen LogP contribution in [0.15, 0.2) is 18.2 Å². The summed E-state index contributed by atoms with van der Waals surface area (Å²) in [4.78, 5) is 10.2. The third-order valence-corrected chi connectivity index (χ3v) is 1.90. The number of carboxylic acid groups (broad SMARTS) is 1. The SMILES string of the molecule is Cc1c(N)ccc(F)c1C=CC(=O)O. The van der Waals surface area contributed by atoms with Gasteiger partial charge in [-0.05, 0) is 30.7 Å². The van der Waals surface area contributed by atoms with Gasteiger partial charge >= 0.3 is 5.97 Å². The summed E-state index contributed by atoms with van der Waals surface area (Å²) in [5, 5.41) is 8.39. The number of benzene rings is 1. The normalized spacial score (nSPS) is 10.7. The molecule has 3 N–H and O–H groups in total. The summed E-state index contributed by atoms with van der Waals surface area (Å²) in [5.74, 6) is -1.60. The van der Waals surface area contributed by atoms with E-state index in [1.165, 1.54) is 18.2 Å². The topological polar surface area (TPSA) is 63.3 Å². The lowest BCUT2D eigenvalue weighted by Crippen LogP contribution is -1.96. The minimum absolute atomic E-state index is 0.215. The molecule has 1 aromatic carbocycles. The highest BCUT2D eigenvalue weighted by Crippen LogP contribution is 2.20. The zero-order chi connectivity index (χ0) is 10.7. The number of nitrogen functional groups attached to an aromatic ring is 1. The Morgan fingerprint density at radius 1 is 1.57 bits per heavy atom. The minimum atomic E-state index is -1.12. The van der Waals surface area contributed by atoms with Crippen molar-refractivity contribution in [3.05, 3.63) is 35.2 Å². The van der Waals surface area contributed by atoms with E-state index in [0.717, 1.165) is 6.08 Å². The standard InChI is InChI=1S/C10H10FNO2/c1-6-7(2-5-10(13)14)8(11)3-4-9(6)12/h2-5H,12H2,1H3,(H,13,14). The molecule has 0 aromatic heterocycles. The number of rotatable bonds is 2. The van der Waals surface area contributed by atoms with Crippen molar-refractivity contribution in [3.8, 4) is 0 Å². The zero-order valence-electron chi connectivity index (χ0n) is 7.62. The van der Waals surface area contributed by atoms with Crippen LogP contribution in [0.3, 0.4) is 0 Å². The maximum Gasteiger partial charge on any atom is 0.328 e. The van der Waals surface area contributed by atoms with Crippen molar-refractivity contribution >= 4 is 17.7 Å². The van der Waals surface area contributed by atoms with Gasteiger partial charge in [0.25, 0.3) is 0 Å². The Balaban J connectivity index is 3.19. The van der Waals surface area contributed by atoms with Crippen LogP contribution in [0.4, 0.5) is 10.1 Å². The number of carbonyl (C=O) groups is 1. The fourth-order valence-corrected chi connectivity index (χ4v) is 1.07. The van der Waals surface area contributed by atoms with Crippen molar-refractivity contribution in [2.45, 2.75) is 6.92 Å². The van der Waals surface area contributed by atoms with Crippen molar-refractivity contribution in [1.29, 1.82) is 0 Å². The highest BCUT2D eigenvalue weighted by atomic mass is 19.1. The van der Waals surface area contributed by atoms with E-state index < -0.39 is 11.8 Å². The van der Waals surface area contributed by atoms with Crippen LogP contribution in [0.5, 0.6) is 0 Å². The average Bonchev–Trinajstić information content (AvgIpc) is 2.11. The van der Waals surface area contributed by atoms with Gasteiger partial charge in [0.2, 0.25) is 0 Å². The van der Waals surface area contributed by atoms with Gasteiger partial charge < -0.3 is 10.8 Å². The van der Waals surface area contributed by atoms with Gasteiger partial charge in [-0.3, -0.25) is 0 Å². The largest absolute Gasteiger partial charge is 0.478 e. The molecule has 0 fully saturated rings. The van der Waals surface area contributed by atoms with E-state index in [1.807, 2.05) is 0 Å². The Morgan fingerprint density at radius 3 is 2.79 bits per heavy atom. The maximum atomic E-state index is 13.2. The first-order chi connectivity index (χ1) is 6.52. The molecule has 0 saturated heterocycles. The van der Waals surface area contributed by atoms with Crippen LogP contribution in [0.25, 0.3) is 6.08 Å². The lowest BCUT2D eigenvalue weighted by Gasteiger charge is -2.04. The van der Waals surface area contributed by atoms with Crippen molar-refractivity contribution < 1.29 is 14.3 Å². The highest BCUT2D eigenvalue weighted by molar-refractivity contribution is 5.86. The summed E-state index contributed by atoms with van der Waals surface area (Å²) in [6.07, 6.45) is 2.08. The molecule has 4 heteroatoms. The van der Waals surface area contributed by atoms with Gasteiger partial charge in [-0.15, -0.1) is 0 Å². The molecule has 0 unspecified atom stereocenters. The molecule has 0 radical (unpaired) electrons. The number of nitrogens with two attached hydrogens (primary N) is 1. The van der Waals surface area contributed by atoms with E-state index in [0.29, 0.717) is 11.3 Å². The van der Waals surface area contributed by atoms with E-state index in [1.54, 1.807) is 6.92 Å². The Morgan fingerprint density at radius 2 is 2.21 bits per heavy atom. The fraction of sp³-hybridized carbons (Fsp3) is 0.100. The van der Waals surface area contributed by atoms with Crippen LogP contribution >= 0.6 is 0 Å². The van der Waals surface area contributed by atoms with Crippen LogP contribution in [-0.2, 0) is 4.79 Å². The molecule has 74 valence electrons. The van der Waals surface area contributed by atoms with E-state index in [4.69, 9.17) is 10.8 Å². The predicted molar refractivity (Wildman–Crippen MR) is 52.2 cm³/mol. The first-order valence-corrected chi connectivity index (χ1v) is 3.98. The average molecular weight is 195 g/mol. The quantitative estimate of drug-likeness (QED) is 0.558. The predicted octanol–water partition coefficient (Wildman–Crippen LogP) is 1.81. The Hall–Kier alpha value is -1.84. The van der Waals surface area contributed by atoms with E-state index >= 15 is 0 Å². The molecule has 0 amide bonds. The molecule has 14 heavy (non-hydrogen) atoms. The number of halogens is 1. The smallest absolute Gasteiger partial charge is 0.328 e. The van der Waals surface area contributed by atoms with Gasteiger partial charge in [0.15, 0.2) is 0 Å². The lowest BCUT2D eigenvalue weighted by atomic mass is 10.1. The fourth-order valence-electron chi connectivity index (χ4n) is 1.07. The highest BCUT2D eigenvalue weighted by Gasteiger charge is 2.05. The summed E-state index contributed by atoms with van der Waals surface area (Å²) in [6.45, 7) is 1.64. The summed E-state index contributed by atoms with van der Waals surface area (Å²) >= 11 is 0. The molecule has 3 nitrogen and oxygen atoms in total. The number of hydrogen-bond acceptors (Lipinski definition) is 2. The second-order valence-electron chi connectivity index (χ2n) is 2.85. The third-order valence-electron chi connectivity index (χ3n) is 1.90. The van der Waals surface area contributed by atoms with Gasteiger partial charge in [-0.25, -0.2) is 9.18 Å². The van der Waals surface area contributed by atoms with E-state index in [-0.39, 0.29) is 5.56 Å². The van der Waals surface area contributed by atoms with Crippen molar-refractivity contribution in [3.63, 3.8) is 0 Å². The van der Waals surface area contributed by atoms with Crippen LogP contribution in [0, 0.1) is 12.7 Å². The molecule has 0 spiro atoms. The molecule has 0 saturated carbocycles. The molecular formula is C10H10FNO2. The summed E-state index contributed by atoms with van der Waals surface area (Å²) in [5.41, 5.74) is 6.75. The van der Waals surface area contributed by atoms with Gasteiger partial charge in [0.1, 0.15) is 5.82 Å². The molecule has 0 atom stereocenters. The monoisotopic (exact) mass is 195 g/mol. The molecule has 1 rings (SSSR count). The Bertz CT molecular complexity index is 399.